The Kier molecular flexibility index (Phi) is 5.49. The number of nitrogens with one attached hydrogen (secondary N) is 2. The SMILES string of the molecule is C[C@H]1OCCN[C@@H]1C(=O)NC1CCc2c(Cl)cccc21.Cl. The fourth-order valence-electron chi connectivity index (χ4n) is 3.05. The van der Waals surface area contributed by atoms with Gasteiger partial charge in [-0.3, -0.25) is 4.79 Å². The first-order valence-electron chi connectivity index (χ1n) is 7.09. The average molecular weight is 331 g/mol. The van der Waals surface area contributed by atoms with Crippen molar-refractivity contribution in [2.45, 2.75) is 38.0 Å². The smallest absolute Gasteiger partial charge is 0.240 e. The monoisotopic (exact) mass is 330 g/mol. The number of rotatable bonds is 2. The molecule has 1 aromatic carbocycles. The van der Waals surface area contributed by atoms with Crippen LogP contribution in [-0.2, 0) is 16.0 Å². The van der Waals surface area contributed by atoms with Crippen molar-refractivity contribution in [1.29, 1.82) is 0 Å². The Morgan fingerprint density at radius 1 is 1.48 bits per heavy atom. The highest BCUT2D eigenvalue weighted by atomic mass is 35.5. The number of hydrogen-bond acceptors (Lipinski definition) is 3. The summed E-state index contributed by atoms with van der Waals surface area (Å²) in [5, 5.41) is 7.14. The van der Waals surface area contributed by atoms with Gasteiger partial charge in [-0.1, -0.05) is 23.7 Å². The van der Waals surface area contributed by atoms with E-state index < -0.39 is 0 Å². The first kappa shape index (κ1) is 16.6. The number of amides is 1. The predicted octanol–water partition coefficient (Wildman–Crippen LogP) is 2.24. The van der Waals surface area contributed by atoms with Gasteiger partial charge in [0.15, 0.2) is 0 Å². The Morgan fingerprint density at radius 3 is 3.05 bits per heavy atom. The number of morpholine rings is 1. The minimum atomic E-state index is -0.271. The zero-order valence-electron chi connectivity index (χ0n) is 11.9. The lowest BCUT2D eigenvalue weighted by Crippen LogP contribution is -2.55. The van der Waals surface area contributed by atoms with E-state index in [1.165, 1.54) is 5.56 Å². The van der Waals surface area contributed by atoms with Crippen LogP contribution < -0.4 is 10.6 Å². The van der Waals surface area contributed by atoms with Gasteiger partial charge in [0.1, 0.15) is 6.04 Å². The lowest BCUT2D eigenvalue weighted by atomic mass is 10.1. The maximum Gasteiger partial charge on any atom is 0.240 e. The molecule has 6 heteroatoms. The predicted molar refractivity (Wildman–Crippen MR) is 85.1 cm³/mol. The molecule has 1 fully saturated rings. The second kappa shape index (κ2) is 6.97. The largest absolute Gasteiger partial charge is 0.375 e. The van der Waals surface area contributed by atoms with Gasteiger partial charge in [0.25, 0.3) is 0 Å². The van der Waals surface area contributed by atoms with Crippen LogP contribution in [0.1, 0.15) is 30.5 Å². The molecular weight excluding hydrogens is 311 g/mol. The molecular formula is C15H20Cl2N2O2. The number of carbonyl (C=O) groups is 1. The van der Waals surface area contributed by atoms with Crippen LogP contribution in [0.15, 0.2) is 18.2 Å². The highest BCUT2D eigenvalue weighted by molar-refractivity contribution is 6.31. The molecule has 2 aliphatic rings. The molecule has 116 valence electrons. The van der Waals surface area contributed by atoms with E-state index in [0.29, 0.717) is 6.61 Å². The van der Waals surface area contributed by atoms with Crippen LogP contribution >= 0.6 is 24.0 Å². The number of benzene rings is 1. The van der Waals surface area contributed by atoms with Crippen molar-refractivity contribution in [3.05, 3.63) is 34.3 Å². The van der Waals surface area contributed by atoms with Crippen LogP contribution in [0.4, 0.5) is 0 Å². The second-order valence-corrected chi connectivity index (χ2v) is 5.82. The van der Waals surface area contributed by atoms with Crippen LogP contribution in [-0.4, -0.2) is 31.2 Å². The molecule has 0 spiro atoms. The van der Waals surface area contributed by atoms with Crippen LogP contribution in [0, 0.1) is 0 Å². The summed E-state index contributed by atoms with van der Waals surface area (Å²) >= 11 is 6.20. The summed E-state index contributed by atoms with van der Waals surface area (Å²) in [5.74, 6) is 0.00928. The van der Waals surface area contributed by atoms with Crippen molar-refractivity contribution in [1.82, 2.24) is 10.6 Å². The van der Waals surface area contributed by atoms with Crippen LogP contribution in [0.2, 0.25) is 5.02 Å². The van der Waals surface area contributed by atoms with Crippen molar-refractivity contribution in [3.63, 3.8) is 0 Å². The molecule has 0 bridgehead atoms. The van der Waals surface area contributed by atoms with Crippen LogP contribution in [0.3, 0.4) is 0 Å². The highest BCUT2D eigenvalue weighted by Gasteiger charge is 2.32. The Hall–Kier alpha value is -0.810. The quantitative estimate of drug-likeness (QED) is 0.874. The fourth-order valence-corrected chi connectivity index (χ4v) is 3.32. The van der Waals surface area contributed by atoms with E-state index in [9.17, 15) is 4.79 Å². The van der Waals surface area contributed by atoms with E-state index in [2.05, 4.69) is 10.6 Å². The summed E-state index contributed by atoms with van der Waals surface area (Å²) in [7, 11) is 0. The third-order valence-electron chi connectivity index (χ3n) is 4.13. The van der Waals surface area contributed by atoms with Crippen molar-refractivity contribution >= 4 is 29.9 Å². The molecule has 1 aromatic rings. The van der Waals surface area contributed by atoms with E-state index in [1.807, 2.05) is 25.1 Å². The Balaban J connectivity index is 0.00000161. The molecule has 1 amide bonds. The first-order chi connectivity index (χ1) is 9.66. The van der Waals surface area contributed by atoms with Gasteiger partial charge in [0, 0.05) is 11.6 Å². The van der Waals surface area contributed by atoms with Crippen molar-refractivity contribution < 1.29 is 9.53 Å². The van der Waals surface area contributed by atoms with E-state index in [0.717, 1.165) is 30.0 Å². The molecule has 3 rings (SSSR count). The molecule has 3 atom stereocenters. The Morgan fingerprint density at radius 2 is 2.29 bits per heavy atom. The second-order valence-electron chi connectivity index (χ2n) is 5.42. The van der Waals surface area contributed by atoms with Crippen LogP contribution in [0.5, 0.6) is 0 Å². The lowest BCUT2D eigenvalue weighted by molar-refractivity contribution is -0.129. The number of fused-ring (bicyclic) bond motifs is 1. The van der Waals surface area contributed by atoms with Gasteiger partial charge in [0.05, 0.1) is 18.8 Å². The van der Waals surface area contributed by atoms with E-state index in [4.69, 9.17) is 16.3 Å². The topological polar surface area (TPSA) is 50.4 Å². The molecule has 2 N–H and O–H groups in total. The van der Waals surface area contributed by atoms with Gasteiger partial charge in [-0.25, -0.2) is 0 Å². The summed E-state index contributed by atoms with van der Waals surface area (Å²) in [4.78, 5) is 12.4. The fraction of sp³-hybridized carbons (Fsp3) is 0.533. The van der Waals surface area contributed by atoms with Gasteiger partial charge in [-0.05, 0) is 37.0 Å². The maximum absolute atomic E-state index is 12.4. The summed E-state index contributed by atoms with van der Waals surface area (Å²) in [5.41, 5.74) is 2.32. The van der Waals surface area contributed by atoms with E-state index in [-0.39, 0.29) is 36.5 Å². The van der Waals surface area contributed by atoms with Gasteiger partial charge in [-0.2, -0.15) is 0 Å². The molecule has 1 unspecified atom stereocenters. The number of ether oxygens (including phenoxy) is 1. The summed E-state index contributed by atoms with van der Waals surface area (Å²) in [6.45, 7) is 3.30. The Bertz CT molecular complexity index is 524. The highest BCUT2D eigenvalue weighted by Crippen LogP contribution is 2.35. The van der Waals surface area contributed by atoms with Gasteiger partial charge in [-0.15, -0.1) is 12.4 Å². The maximum atomic E-state index is 12.4. The summed E-state index contributed by atoms with van der Waals surface area (Å²) in [6.07, 6.45) is 1.74. The zero-order chi connectivity index (χ0) is 14.1. The molecule has 1 heterocycles. The molecule has 0 saturated carbocycles. The number of hydrogen-bond donors (Lipinski definition) is 2. The van der Waals surface area contributed by atoms with Gasteiger partial charge >= 0.3 is 0 Å². The minimum absolute atomic E-state index is 0. The molecule has 21 heavy (non-hydrogen) atoms. The summed E-state index contributed by atoms with van der Waals surface area (Å²) < 4.78 is 5.52. The normalized spacial score (nSPS) is 27.6. The van der Waals surface area contributed by atoms with E-state index >= 15 is 0 Å². The molecule has 0 radical (unpaired) electrons. The van der Waals surface area contributed by atoms with Gasteiger partial charge < -0.3 is 15.4 Å². The first-order valence-corrected chi connectivity index (χ1v) is 7.47. The van der Waals surface area contributed by atoms with Crippen molar-refractivity contribution in [3.8, 4) is 0 Å². The molecule has 4 nitrogen and oxygen atoms in total. The molecule has 1 aliphatic heterocycles. The lowest BCUT2D eigenvalue weighted by Gasteiger charge is -2.30. The zero-order valence-corrected chi connectivity index (χ0v) is 13.5. The molecule has 1 saturated heterocycles. The van der Waals surface area contributed by atoms with Crippen molar-refractivity contribution in [2.24, 2.45) is 0 Å². The Labute approximate surface area is 136 Å². The molecule has 0 aromatic heterocycles. The van der Waals surface area contributed by atoms with E-state index in [1.54, 1.807) is 0 Å². The minimum Gasteiger partial charge on any atom is -0.375 e. The number of carbonyl (C=O) groups excluding carboxylic acids is 1. The standard InChI is InChI=1S/C15H19ClN2O2.ClH/c1-9-14(17-7-8-20-9)15(19)18-13-6-5-10-11(13)3-2-4-12(10)16;/h2-4,9,13-14,17H,5-8H2,1H3,(H,18,19);1H/t9-,13?,14+;/m1./s1. The van der Waals surface area contributed by atoms with Gasteiger partial charge in [0.2, 0.25) is 5.91 Å². The third kappa shape index (κ3) is 3.34. The summed E-state index contributed by atoms with van der Waals surface area (Å²) in [6, 6.07) is 5.69. The average Bonchev–Trinajstić information content (AvgIpc) is 2.84. The molecule has 1 aliphatic carbocycles. The third-order valence-corrected chi connectivity index (χ3v) is 4.48. The van der Waals surface area contributed by atoms with Crippen LogP contribution in [0.25, 0.3) is 0 Å². The van der Waals surface area contributed by atoms with Crippen molar-refractivity contribution in [2.75, 3.05) is 13.2 Å². The number of halogens is 2.